The highest BCUT2D eigenvalue weighted by atomic mass is 35.5. The lowest BCUT2D eigenvalue weighted by Gasteiger charge is -1.98. The molecule has 0 saturated carbocycles. The van der Waals surface area contributed by atoms with Gasteiger partial charge in [0.1, 0.15) is 0 Å². The van der Waals surface area contributed by atoms with Gasteiger partial charge >= 0.3 is 0 Å². The van der Waals surface area contributed by atoms with E-state index in [9.17, 15) is 0 Å². The SMILES string of the molecule is ClC/C=C/CNCCc1cccs1. The van der Waals surface area contributed by atoms with Crippen molar-refractivity contribution >= 4 is 22.9 Å². The Balaban J connectivity index is 1.99. The molecule has 0 aromatic carbocycles. The molecule has 1 N–H and O–H groups in total. The maximum Gasteiger partial charge on any atom is 0.0404 e. The molecule has 0 bridgehead atoms. The number of halogens is 1. The van der Waals surface area contributed by atoms with Gasteiger partial charge in [-0.2, -0.15) is 0 Å². The Bertz CT molecular complexity index is 231. The average molecular weight is 216 g/mol. The average Bonchev–Trinajstić information content (AvgIpc) is 2.63. The molecule has 0 fully saturated rings. The molecule has 0 atom stereocenters. The minimum Gasteiger partial charge on any atom is -0.313 e. The molecule has 0 unspecified atom stereocenters. The van der Waals surface area contributed by atoms with Crippen LogP contribution in [0, 0.1) is 0 Å². The molecule has 1 nitrogen and oxygen atoms in total. The van der Waals surface area contributed by atoms with E-state index in [1.807, 2.05) is 17.4 Å². The predicted molar refractivity (Wildman–Crippen MR) is 60.8 cm³/mol. The van der Waals surface area contributed by atoms with Gasteiger partial charge in [0.15, 0.2) is 0 Å². The van der Waals surface area contributed by atoms with E-state index in [1.54, 1.807) is 0 Å². The Hall–Kier alpha value is -0.310. The van der Waals surface area contributed by atoms with Gasteiger partial charge in [-0.3, -0.25) is 0 Å². The van der Waals surface area contributed by atoms with Gasteiger partial charge in [0.2, 0.25) is 0 Å². The van der Waals surface area contributed by atoms with E-state index < -0.39 is 0 Å². The van der Waals surface area contributed by atoms with Crippen LogP contribution < -0.4 is 5.32 Å². The highest BCUT2D eigenvalue weighted by Gasteiger charge is 1.91. The molecule has 1 rings (SSSR count). The fraction of sp³-hybridized carbons (Fsp3) is 0.400. The number of allylic oxidation sites excluding steroid dienone is 1. The standard InChI is InChI=1S/C10H14ClNS/c11-6-1-2-7-12-8-5-10-4-3-9-13-10/h1-4,9,12H,5-8H2/b2-1+. The molecule has 1 aromatic rings. The van der Waals surface area contributed by atoms with E-state index in [0.717, 1.165) is 19.5 Å². The van der Waals surface area contributed by atoms with Crippen LogP contribution in [0.1, 0.15) is 4.88 Å². The molecule has 0 spiro atoms. The van der Waals surface area contributed by atoms with E-state index in [2.05, 4.69) is 28.9 Å². The normalized spacial score (nSPS) is 11.2. The van der Waals surface area contributed by atoms with Gasteiger partial charge in [-0.15, -0.1) is 22.9 Å². The third-order valence-corrected chi connectivity index (χ3v) is 2.76. The smallest absolute Gasteiger partial charge is 0.0404 e. The zero-order valence-corrected chi connectivity index (χ0v) is 9.07. The van der Waals surface area contributed by atoms with Gasteiger partial charge in [0, 0.05) is 23.8 Å². The molecule has 1 aromatic heterocycles. The minimum absolute atomic E-state index is 0.604. The Labute approximate surface area is 88.4 Å². The summed E-state index contributed by atoms with van der Waals surface area (Å²) in [5.41, 5.74) is 0. The van der Waals surface area contributed by atoms with E-state index >= 15 is 0 Å². The van der Waals surface area contributed by atoms with Gasteiger partial charge in [-0.25, -0.2) is 0 Å². The van der Waals surface area contributed by atoms with Crippen LogP contribution in [0.15, 0.2) is 29.7 Å². The summed E-state index contributed by atoms with van der Waals surface area (Å²) < 4.78 is 0. The molecule has 3 heteroatoms. The van der Waals surface area contributed by atoms with Gasteiger partial charge in [0.05, 0.1) is 0 Å². The Kier molecular flexibility index (Phi) is 5.90. The summed E-state index contributed by atoms with van der Waals surface area (Å²) in [5, 5.41) is 5.43. The first-order chi connectivity index (χ1) is 6.43. The molecule has 0 aliphatic carbocycles. The third kappa shape index (κ3) is 5.09. The zero-order chi connectivity index (χ0) is 9.36. The van der Waals surface area contributed by atoms with Gasteiger partial charge in [-0.1, -0.05) is 18.2 Å². The maximum atomic E-state index is 5.48. The first kappa shape index (κ1) is 10.8. The van der Waals surface area contributed by atoms with Crippen molar-refractivity contribution in [2.45, 2.75) is 6.42 Å². The Morgan fingerprint density at radius 1 is 1.46 bits per heavy atom. The lowest BCUT2D eigenvalue weighted by Crippen LogP contribution is -2.16. The van der Waals surface area contributed by atoms with E-state index in [0.29, 0.717) is 5.88 Å². The van der Waals surface area contributed by atoms with Crippen LogP contribution >= 0.6 is 22.9 Å². The lowest BCUT2D eigenvalue weighted by atomic mass is 10.3. The quantitative estimate of drug-likeness (QED) is 0.437. The highest BCUT2D eigenvalue weighted by Crippen LogP contribution is 2.07. The fourth-order valence-electron chi connectivity index (χ4n) is 0.998. The summed E-state index contributed by atoms with van der Waals surface area (Å²) >= 11 is 7.29. The molecule has 0 aliphatic heterocycles. The van der Waals surface area contributed by atoms with E-state index in [1.165, 1.54) is 4.88 Å². The van der Waals surface area contributed by atoms with Gasteiger partial charge in [0.25, 0.3) is 0 Å². The number of hydrogen-bond acceptors (Lipinski definition) is 2. The largest absolute Gasteiger partial charge is 0.313 e. The van der Waals surface area contributed by atoms with E-state index in [-0.39, 0.29) is 0 Å². The van der Waals surface area contributed by atoms with Crippen molar-refractivity contribution in [1.29, 1.82) is 0 Å². The summed E-state index contributed by atoms with van der Waals surface area (Å²) in [5.74, 6) is 0.604. The highest BCUT2D eigenvalue weighted by molar-refractivity contribution is 7.09. The van der Waals surface area contributed by atoms with Gasteiger partial charge in [-0.05, 0) is 17.9 Å². The molecular formula is C10H14ClNS. The summed E-state index contributed by atoms with van der Waals surface area (Å²) in [7, 11) is 0. The second kappa shape index (κ2) is 7.13. The summed E-state index contributed by atoms with van der Waals surface area (Å²) in [6.07, 6.45) is 5.13. The number of thiophene rings is 1. The first-order valence-electron chi connectivity index (χ1n) is 4.37. The number of alkyl halides is 1. The fourth-order valence-corrected chi connectivity index (χ4v) is 1.83. The summed E-state index contributed by atoms with van der Waals surface area (Å²) in [4.78, 5) is 1.44. The van der Waals surface area contributed by atoms with Crippen LogP contribution in [0.25, 0.3) is 0 Å². The third-order valence-electron chi connectivity index (χ3n) is 1.65. The number of hydrogen-bond donors (Lipinski definition) is 1. The van der Waals surface area contributed by atoms with Crippen molar-refractivity contribution in [2.24, 2.45) is 0 Å². The van der Waals surface area contributed by atoms with Crippen molar-refractivity contribution in [3.63, 3.8) is 0 Å². The molecule has 0 aliphatic rings. The second-order valence-corrected chi connectivity index (χ2v) is 4.00. The van der Waals surface area contributed by atoms with Crippen LogP contribution in [0.2, 0.25) is 0 Å². The molecule has 0 radical (unpaired) electrons. The molecule has 1 heterocycles. The summed E-state index contributed by atoms with van der Waals surface area (Å²) in [6, 6.07) is 4.26. The second-order valence-electron chi connectivity index (χ2n) is 2.66. The van der Waals surface area contributed by atoms with Crippen LogP contribution in [0.3, 0.4) is 0 Å². The minimum atomic E-state index is 0.604. The van der Waals surface area contributed by atoms with Crippen molar-refractivity contribution < 1.29 is 0 Å². The topological polar surface area (TPSA) is 12.0 Å². The molecule has 0 amide bonds. The Morgan fingerprint density at radius 3 is 3.08 bits per heavy atom. The lowest BCUT2D eigenvalue weighted by molar-refractivity contribution is 0.749. The summed E-state index contributed by atoms with van der Waals surface area (Å²) in [6.45, 7) is 1.95. The molecule has 13 heavy (non-hydrogen) atoms. The van der Waals surface area contributed by atoms with Crippen molar-refractivity contribution in [1.82, 2.24) is 5.32 Å². The number of rotatable bonds is 6. The molecule has 0 saturated heterocycles. The van der Waals surface area contributed by atoms with Crippen LogP contribution in [0.5, 0.6) is 0 Å². The van der Waals surface area contributed by atoms with Crippen LogP contribution in [-0.2, 0) is 6.42 Å². The Morgan fingerprint density at radius 2 is 2.38 bits per heavy atom. The zero-order valence-electron chi connectivity index (χ0n) is 7.50. The number of nitrogens with one attached hydrogen (secondary N) is 1. The van der Waals surface area contributed by atoms with Crippen LogP contribution in [0.4, 0.5) is 0 Å². The monoisotopic (exact) mass is 215 g/mol. The first-order valence-corrected chi connectivity index (χ1v) is 5.79. The maximum absolute atomic E-state index is 5.48. The van der Waals surface area contributed by atoms with Crippen molar-refractivity contribution in [3.05, 3.63) is 34.5 Å². The van der Waals surface area contributed by atoms with Gasteiger partial charge < -0.3 is 5.32 Å². The van der Waals surface area contributed by atoms with Crippen molar-refractivity contribution in [2.75, 3.05) is 19.0 Å². The predicted octanol–water partition coefficient (Wildman–Crippen LogP) is 2.68. The van der Waals surface area contributed by atoms with E-state index in [4.69, 9.17) is 11.6 Å². The van der Waals surface area contributed by atoms with Crippen LogP contribution in [-0.4, -0.2) is 19.0 Å². The molecule has 72 valence electrons. The van der Waals surface area contributed by atoms with Crippen molar-refractivity contribution in [3.8, 4) is 0 Å². The molecular weight excluding hydrogens is 202 g/mol.